The number of benzene rings is 1. The lowest BCUT2D eigenvalue weighted by Crippen LogP contribution is -2.48. The van der Waals surface area contributed by atoms with Crippen LogP contribution in [0.25, 0.3) is 11.1 Å². The summed E-state index contributed by atoms with van der Waals surface area (Å²) in [6, 6.07) is 15.5. The highest BCUT2D eigenvalue weighted by Crippen LogP contribution is 2.36. The molecule has 1 N–H and O–H groups in total. The van der Waals surface area contributed by atoms with Gasteiger partial charge in [0.15, 0.2) is 0 Å². The number of methoxy groups -OCH3 is 1. The summed E-state index contributed by atoms with van der Waals surface area (Å²) in [4.78, 5) is 33.9. The van der Waals surface area contributed by atoms with Crippen molar-refractivity contribution in [2.45, 2.75) is 0 Å². The molecular formula is C23H24N4O3S. The average Bonchev–Trinajstić information content (AvgIpc) is 3.23. The Labute approximate surface area is 185 Å². The predicted octanol–water partition coefficient (Wildman–Crippen LogP) is 3.36. The molecule has 3 aromatic rings. The lowest BCUT2D eigenvalue weighted by Gasteiger charge is -2.34. The van der Waals surface area contributed by atoms with Gasteiger partial charge >= 0.3 is 5.97 Å². The van der Waals surface area contributed by atoms with E-state index in [1.807, 2.05) is 53.9 Å². The number of pyridine rings is 1. The topological polar surface area (TPSA) is 74.8 Å². The van der Waals surface area contributed by atoms with Crippen molar-refractivity contribution in [3.63, 3.8) is 0 Å². The molecule has 0 bridgehead atoms. The number of nitrogens with one attached hydrogen (secondary N) is 1. The fourth-order valence-corrected chi connectivity index (χ4v) is 4.60. The second-order valence-corrected chi connectivity index (χ2v) is 8.09. The molecule has 2 aromatic heterocycles. The summed E-state index contributed by atoms with van der Waals surface area (Å²) >= 11 is 1.33. The Morgan fingerprint density at radius 2 is 1.81 bits per heavy atom. The second-order valence-electron chi connectivity index (χ2n) is 7.21. The molecule has 7 nitrogen and oxygen atoms in total. The first kappa shape index (κ1) is 21.0. The van der Waals surface area contributed by atoms with Gasteiger partial charge in [-0.2, -0.15) is 0 Å². The van der Waals surface area contributed by atoms with Gasteiger partial charge in [0, 0.05) is 43.3 Å². The van der Waals surface area contributed by atoms with Gasteiger partial charge in [0.05, 0.1) is 13.7 Å². The van der Waals surface area contributed by atoms with Crippen molar-refractivity contribution in [2.24, 2.45) is 0 Å². The number of hydrogen-bond acceptors (Lipinski definition) is 7. The van der Waals surface area contributed by atoms with Gasteiger partial charge in [-0.1, -0.05) is 36.4 Å². The third kappa shape index (κ3) is 4.92. The lowest BCUT2D eigenvalue weighted by molar-refractivity contribution is -0.117. The first-order chi connectivity index (χ1) is 15.2. The van der Waals surface area contributed by atoms with Gasteiger partial charge in [-0.3, -0.25) is 9.69 Å². The van der Waals surface area contributed by atoms with Crippen molar-refractivity contribution >= 4 is 34.0 Å². The fraction of sp³-hybridized carbons (Fsp3) is 0.261. The number of thiophene rings is 1. The van der Waals surface area contributed by atoms with Crippen molar-refractivity contribution in [3.05, 3.63) is 65.7 Å². The van der Waals surface area contributed by atoms with Crippen LogP contribution in [0.5, 0.6) is 0 Å². The van der Waals surface area contributed by atoms with Crippen molar-refractivity contribution in [2.75, 3.05) is 50.1 Å². The maximum absolute atomic E-state index is 12.7. The number of nitrogens with zero attached hydrogens (tertiary/aromatic N) is 3. The van der Waals surface area contributed by atoms with E-state index in [0.29, 0.717) is 10.6 Å². The van der Waals surface area contributed by atoms with E-state index in [9.17, 15) is 9.59 Å². The Bertz CT molecular complexity index is 1030. The Hall–Kier alpha value is -3.23. The molecule has 0 unspecified atom stereocenters. The largest absolute Gasteiger partial charge is 0.465 e. The van der Waals surface area contributed by atoms with Crippen LogP contribution in [0.1, 0.15) is 10.4 Å². The third-order valence-corrected chi connectivity index (χ3v) is 6.13. The van der Waals surface area contributed by atoms with Crippen LogP contribution in [0.15, 0.2) is 60.1 Å². The standard InChI is InChI=1S/C23H24N4O3S/c1-30-23(29)21-18(17-7-3-2-4-8-17)16-31-22(21)25-20(28)15-26-11-13-27(14-12-26)19-9-5-6-10-24-19/h2-10,16H,11-15H2,1H3,(H,25,28). The number of hydrogen-bond donors (Lipinski definition) is 1. The maximum atomic E-state index is 12.7. The summed E-state index contributed by atoms with van der Waals surface area (Å²) in [6.45, 7) is 3.44. The van der Waals surface area contributed by atoms with Crippen LogP contribution in [0, 0.1) is 0 Å². The molecule has 1 fully saturated rings. The number of aromatic nitrogens is 1. The summed E-state index contributed by atoms with van der Waals surface area (Å²) < 4.78 is 4.98. The molecule has 31 heavy (non-hydrogen) atoms. The molecule has 0 aliphatic carbocycles. The van der Waals surface area contributed by atoms with E-state index in [2.05, 4.69) is 20.1 Å². The normalized spacial score (nSPS) is 14.3. The van der Waals surface area contributed by atoms with E-state index in [-0.39, 0.29) is 12.5 Å². The molecule has 1 aromatic carbocycles. The van der Waals surface area contributed by atoms with Crippen LogP contribution in [0.4, 0.5) is 10.8 Å². The molecule has 0 saturated carbocycles. The summed E-state index contributed by atoms with van der Waals surface area (Å²) in [6.07, 6.45) is 1.79. The zero-order valence-corrected chi connectivity index (χ0v) is 18.1. The van der Waals surface area contributed by atoms with Crippen LogP contribution >= 0.6 is 11.3 Å². The minimum Gasteiger partial charge on any atom is -0.465 e. The number of piperazine rings is 1. The van der Waals surface area contributed by atoms with E-state index in [1.54, 1.807) is 6.20 Å². The Morgan fingerprint density at radius 1 is 1.06 bits per heavy atom. The molecule has 0 atom stereocenters. The zero-order valence-electron chi connectivity index (χ0n) is 17.3. The fourth-order valence-electron chi connectivity index (χ4n) is 3.63. The van der Waals surface area contributed by atoms with Gasteiger partial charge in [0.25, 0.3) is 0 Å². The van der Waals surface area contributed by atoms with Gasteiger partial charge in [-0.25, -0.2) is 9.78 Å². The van der Waals surface area contributed by atoms with Gasteiger partial charge < -0.3 is 15.0 Å². The number of esters is 1. The van der Waals surface area contributed by atoms with Crippen molar-refractivity contribution in [1.29, 1.82) is 0 Å². The van der Waals surface area contributed by atoms with Crippen molar-refractivity contribution in [3.8, 4) is 11.1 Å². The SMILES string of the molecule is COC(=O)c1c(-c2ccccc2)csc1NC(=O)CN1CCN(c2ccccn2)CC1. The number of carbonyl (C=O) groups is 2. The third-order valence-electron chi connectivity index (χ3n) is 5.23. The molecule has 1 aliphatic heterocycles. The maximum Gasteiger partial charge on any atom is 0.341 e. The highest BCUT2D eigenvalue weighted by Gasteiger charge is 2.24. The highest BCUT2D eigenvalue weighted by atomic mass is 32.1. The molecule has 1 amide bonds. The van der Waals surface area contributed by atoms with Crippen LogP contribution in [-0.2, 0) is 9.53 Å². The predicted molar refractivity (Wildman–Crippen MR) is 123 cm³/mol. The highest BCUT2D eigenvalue weighted by molar-refractivity contribution is 7.15. The lowest BCUT2D eigenvalue weighted by atomic mass is 10.0. The molecular weight excluding hydrogens is 412 g/mol. The minimum atomic E-state index is -0.459. The van der Waals surface area contributed by atoms with Gasteiger partial charge in [0.1, 0.15) is 16.4 Å². The van der Waals surface area contributed by atoms with Crippen LogP contribution < -0.4 is 10.2 Å². The number of amides is 1. The van der Waals surface area contributed by atoms with Gasteiger partial charge in [0.2, 0.25) is 5.91 Å². The summed E-state index contributed by atoms with van der Waals surface area (Å²) in [5.41, 5.74) is 2.06. The van der Waals surface area contributed by atoms with Crippen LogP contribution in [-0.4, -0.2) is 61.6 Å². The zero-order chi connectivity index (χ0) is 21.6. The quantitative estimate of drug-likeness (QED) is 0.598. The Morgan fingerprint density at radius 3 is 2.48 bits per heavy atom. The molecule has 1 aliphatic rings. The number of rotatable bonds is 6. The Balaban J connectivity index is 1.40. The second kappa shape index (κ2) is 9.72. The molecule has 0 spiro atoms. The Kier molecular flexibility index (Phi) is 6.59. The number of anilines is 2. The van der Waals surface area contributed by atoms with Crippen LogP contribution in [0.2, 0.25) is 0 Å². The minimum absolute atomic E-state index is 0.141. The molecule has 1 saturated heterocycles. The first-order valence-electron chi connectivity index (χ1n) is 10.1. The summed E-state index contributed by atoms with van der Waals surface area (Å²) in [5.74, 6) is 0.360. The van der Waals surface area contributed by atoms with E-state index in [1.165, 1.54) is 18.4 Å². The summed E-state index contributed by atoms with van der Waals surface area (Å²) in [5, 5.41) is 5.31. The van der Waals surface area contributed by atoms with E-state index >= 15 is 0 Å². The monoisotopic (exact) mass is 436 g/mol. The van der Waals surface area contributed by atoms with E-state index in [0.717, 1.165) is 43.1 Å². The molecule has 0 radical (unpaired) electrons. The molecule has 8 heteroatoms. The first-order valence-corrected chi connectivity index (χ1v) is 11.0. The molecule has 3 heterocycles. The van der Waals surface area contributed by atoms with Crippen molar-refractivity contribution in [1.82, 2.24) is 9.88 Å². The van der Waals surface area contributed by atoms with Crippen LogP contribution in [0.3, 0.4) is 0 Å². The summed E-state index contributed by atoms with van der Waals surface area (Å²) in [7, 11) is 1.35. The van der Waals surface area contributed by atoms with E-state index < -0.39 is 5.97 Å². The van der Waals surface area contributed by atoms with Crippen molar-refractivity contribution < 1.29 is 14.3 Å². The number of carbonyl (C=O) groups excluding carboxylic acids is 2. The average molecular weight is 437 g/mol. The molecule has 4 rings (SSSR count). The van der Waals surface area contributed by atoms with E-state index in [4.69, 9.17) is 4.74 Å². The molecule has 160 valence electrons. The number of ether oxygens (including phenoxy) is 1. The van der Waals surface area contributed by atoms with Gasteiger partial charge in [-0.05, 0) is 17.7 Å². The smallest absolute Gasteiger partial charge is 0.341 e. The van der Waals surface area contributed by atoms with Gasteiger partial charge in [-0.15, -0.1) is 11.3 Å².